The zero-order valence-corrected chi connectivity index (χ0v) is 17.8. The fraction of sp³-hybridized carbons (Fsp3) is 0.190. The van der Waals surface area contributed by atoms with Crippen LogP contribution in [0.3, 0.4) is 0 Å². The summed E-state index contributed by atoms with van der Waals surface area (Å²) in [5.41, 5.74) is 1.19. The van der Waals surface area contributed by atoms with Gasteiger partial charge in [-0.05, 0) is 47.3 Å². The number of amides is 1. The van der Waals surface area contributed by atoms with Gasteiger partial charge in [-0.15, -0.1) is 11.3 Å². The number of thiophene rings is 1. The van der Waals surface area contributed by atoms with Gasteiger partial charge in [-0.3, -0.25) is 4.79 Å². The van der Waals surface area contributed by atoms with Gasteiger partial charge in [0, 0.05) is 30.6 Å². The minimum Gasteiger partial charge on any atom is -0.454 e. The first-order valence-electron chi connectivity index (χ1n) is 9.18. The lowest BCUT2D eigenvalue weighted by Crippen LogP contribution is -2.27. The molecular formula is C21H20N2O5S2. The highest BCUT2D eigenvalue weighted by molar-refractivity contribution is 7.89. The molecule has 0 spiro atoms. The van der Waals surface area contributed by atoms with Crippen molar-refractivity contribution in [3.8, 4) is 11.5 Å². The van der Waals surface area contributed by atoms with E-state index in [4.69, 9.17) is 9.47 Å². The van der Waals surface area contributed by atoms with E-state index in [1.807, 2.05) is 35.7 Å². The Balaban J connectivity index is 1.46. The number of hydrogen-bond acceptors (Lipinski definition) is 6. The Bertz CT molecular complexity index is 1160. The topological polar surface area (TPSA) is 84.9 Å². The molecule has 2 aromatic carbocycles. The van der Waals surface area contributed by atoms with Crippen LogP contribution in [0.25, 0.3) is 0 Å². The summed E-state index contributed by atoms with van der Waals surface area (Å²) in [6.07, 6.45) is 0. The van der Waals surface area contributed by atoms with E-state index in [0.29, 0.717) is 23.6 Å². The molecule has 0 unspecified atom stereocenters. The monoisotopic (exact) mass is 444 g/mol. The molecule has 7 nitrogen and oxygen atoms in total. The molecule has 30 heavy (non-hydrogen) atoms. The standard InChI is InChI=1S/C21H20N2O5S2/c1-23(13-15-7-8-19-20(10-15)28-14-27-19)21(24)16-4-2-6-18(11-16)30(25,26)22-12-17-5-3-9-29-17/h2-11,22H,12-14H2,1H3. The van der Waals surface area contributed by atoms with Gasteiger partial charge < -0.3 is 14.4 Å². The van der Waals surface area contributed by atoms with Crippen LogP contribution in [0.4, 0.5) is 0 Å². The second-order valence-electron chi connectivity index (χ2n) is 6.78. The largest absolute Gasteiger partial charge is 0.454 e. The third-order valence-corrected chi connectivity index (χ3v) is 6.89. The molecule has 4 rings (SSSR count). The average Bonchev–Trinajstić information content (AvgIpc) is 3.43. The van der Waals surface area contributed by atoms with Crippen molar-refractivity contribution in [1.82, 2.24) is 9.62 Å². The summed E-state index contributed by atoms with van der Waals surface area (Å²) >= 11 is 1.47. The van der Waals surface area contributed by atoms with E-state index in [1.165, 1.54) is 28.4 Å². The second-order valence-corrected chi connectivity index (χ2v) is 9.58. The van der Waals surface area contributed by atoms with Gasteiger partial charge >= 0.3 is 0 Å². The van der Waals surface area contributed by atoms with E-state index < -0.39 is 10.0 Å². The fourth-order valence-corrected chi connectivity index (χ4v) is 4.85. The number of rotatable bonds is 7. The van der Waals surface area contributed by atoms with Crippen molar-refractivity contribution < 1.29 is 22.7 Å². The first-order valence-corrected chi connectivity index (χ1v) is 11.5. The van der Waals surface area contributed by atoms with Gasteiger partial charge in [0.25, 0.3) is 5.91 Å². The van der Waals surface area contributed by atoms with Crippen molar-refractivity contribution in [2.45, 2.75) is 18.0 Å². The molecule has 9 heteroatoms. The Kier molecular flexibility index (Phi) is 5.76. The van der Waals surface area contributed by atoms with Crippen molar-refractivity contribution in [2.75, 3.05) is 13.8 Å². The summed E-state index contributed by atoms with van der Waals surface area (Å²) in [4.78, 5) is 15.4. The first kappa shape index (κ1) is 20.4. The minimum absolute atomic E-state index is 0.0568. The first-order chi connectivity index (χ1) is 14.4. The number of carbonyl (C=O) groups excluding carboxylic acids is 1. The predicted octanol–water partition coefficient (Wildman–Crippen LogP) is 3.23. The van der Waals surface area contributed by atoms with Crippen LogP contribution >= 0.6 is 11.3 Å². The van der Waals surface area contributed by atoms with Crippen molar-refractivity contribution in [1.29, 1.82) is 0 Å². The third-order valence-electron chi connectivity index (χ3n) is 4.61. The Morgan fingerprint density at radius 2 is 1.93 bits per heavy atom. The van der Waals surface area contributed by atoms with Gasteiger partial charge in [-0.1, -0.05) is 18.2 Å². The van der Waals surface area contributed by atoms with E-state index in [0.717, 1.165) is 10.4 Å². The summed E-state index contributed by atoms with van der Waals surface area (Å²) in [6, 6.07) is 15.3. The SMILES string of the molecule is CN(Cc1ccc2c(c1)OCO2)C(=O)c1cccc(S(=O)(=O)NCc2cccs2)c1. The van der Waals surface area contributed by atoms with Crippen LogP contribution in [0.5, 0.6) is 11.5 Å². The van der Waals surface area contributed by atoms with Crippen LogP contribution in [-0.4, -0.2) is 33.1 Å². The molecule has 1 aromatic heterocycles. The predicted molar refractivity (Wildman–Crippen MR) is 113 cm³/mol. The summed E-state index contributed by atoms with van der Waals surface area (Å²) in [7, 11) is -2.06. The molecule has 0 fully saturated rings. The lowest BCUT2D eigenvalue weighted by Gasteiger charge is -2.18. The van der Waals surface area contributed by atoms with Crippen LogP contribution in [0.15, 0.2) is 64.9 Å². The fourth-order valence-electron chi connectivity index (χ4n) is 3.06. The lowest BCUT2D eigenvalue weighted by atomic mass is 10.1. The van der Waals surface area contributed by atoms with E-state index in [1.54, 1.807) is 19.2 Å². The number of nitrogens with one attached hydrogen (secondary N) is 1. The average molecular weight is 445 g/mol. The Morgan fingerprint density at radius 3 is 2.73 bits per heavy atom. The molecule has 0 aliphatic carbocycles. The van der Waals surface area contributed by atoms with E-state index in [9.17, 15) is 13.2 Å². The van der Waals surface area contributed by atoms with Crippen molar-refractivity contribution in [3.63, 3.8) is 0 Å². The van der Waals surface area contributed by atoms with Gasteiger partial charge in [-0.25, -0.2) is 13.1 Å². The van der Waals surface area contributed by atoms with Gasteiger partial charge in [-0.2, -0.15) is 0 Å². The smallest absolute Gasteiger partial charge is 0.253 e. The number of sulfonamides is 1. The highest BCUT2D eigenvalue weighted by Crippen LogP contribution is 2.32. The number of carbonyl (C=O) groups is 1. The summed E-state index contributed by atoms with van der Waals surface area (Å²) in [5.74, 6) is 1.06. The molecule has 1 N–H and O–H groups in total. The zero-order valence-electron chi connectivity index (χ0n) is 16.2. The highest BCUT2D eigenvalue weighted by Gasteiger charge is 2.19. The maximum absolute atomic E-state index is 12.9. The van der Waals surface area contributed by atoms with Crippen molar-refractivity contribution in [3.05, 3.63) is 76.0 Å². The third kappa shape index (κ3) is 4.48. The maximum atomic E-state index is 12.9. The number of ether oxygens (including phenoxy) is 2. The second kappa shape index (κ2) is 8.47. The molecule has 1 aliphatic rings. The van der Waals surface area contributed by atoms with E-state index in [-0.39, 0.29) is 24.1 Å². The lowest BCUT2D eigenvalue weighted by molar-refractivity contribution is 0.0784. The number of nitrogens with zero attached hydrogens (tertiary/aromatic N) is 1. The molecule has 1 amide bonds. The Morgan fingerprint density at radius 1 is 1.10 bits per heavy atom. The molecule has 0 bridgehead atoms. The number of benzene rings is 2. The van der Waals surface area contributed by atoms with Crippen molar-refractivity contribution in [2.24, 2.45) is 0 Å². The van der Waals surface area contributed by atoms with Crippen LogP contribution in [0.2, 0.25) is 0 Å². The zero-order chi connectivity index (χ0) is 21.1. The van der Waals surface area contributed by atoms with Gasteiger partial charge in [0.2, 0.25) is 16.8 Å². The van der Waals surface area contributed by atoms with E-state index >= 15 is 0 Å². The number of hydrogen-bond donors (Lipinski definition) is 1. The summed E-state index contributed by atoms with van der Waals surface area (Å²) in [5, 5.41) is 1.89. The maximum Gasteiger partial charge on any atom is 0.253 e. The van der Waals surface area contributed by atoms with Crippen LogP contribution in [0, 0.1) is 0 Å². The van der Waals surface area contributed by atoms with Crippen LogP contribution < -0.4 is 14.2 Å². The molecular weight excluding hydrogens is 424 g/mol. The molecule has 1 aliphatic heterocycles. The van der Waals surface area contributed by atoms with E-state index in [2.05, 4.69) is 4.72 Å². The molecule has 0 atom stereocenters. The Hall–Kier alpha value is -2.88. The Labute approximate surface area is 178 Å². The van der Waals surface area contributed by atoms with Gasteiger partial charge in [0.05, 0.1) is 4.90 Å². The molecule has 2 heterocycles. The van der Waals surface area contributed by atoms with Crippen molar-refractivity contribution >= 4 is 27.3 Å². The summed E-state index contributed by atoms with van der Waals surface area (Å²) in [6.45, 7) is 0.751. The van der Waals surface area contributed by atoms with Gasteiger partial charge in [0.15, 0.2) is 11.5 Å². The van der Waals surface area contributed by atoms with Gasteiger partial charge in [0.1, 0.15) is 0 Å². The molecule has 0 saturated heterocycles. The number of fused-ring (bicyclic) bond motifs is 1. The normalized spacial score (nSPS) is 12.7. The minimum atomic E-state index is -3.73. The highest BCUT2D eigenvalue weighted by atomic mass is 32.2. The molecule has 156 valence electrons. The quantitative estimate of drug-likeness (QED) is 0.605. The molecule has 0 saturated carbocycles. The van der Waals surface area contributed by atoms with Crippen LogP contribution in [-0.2, 0) is 23.1 Å². The van der Waals surface area contributed by atoms with Crippen LogP contribution in [0.1, 0.15) is 20.8 Å². The summed E-state index contributed by atoms with van der Waals surface area (Å²) < 4.78 is 38.5. The molecule has 3 aromatic rings. The molecule has 0 radical (unpaired) electrons.